The fourth-order valence-corrected chi connectivity index (χ4v) is 2.58. The van der Waals surface area contributed by atoms with E-state index in [1.54, 1.807) is 7.11 Å². The molecule has 0 N–H and O–H groups in total. The Bertz CT molecular complexity index is 306. The fraction of sp³-hybridized carbons (Fsp3) is 0.857. The van der Waals surface area contributed by atoms with Crippen molar-refractivity contribution in [3.63, 3.8) is 0 Å². The molecule has 0 aromatic carbocycles. The van der Waals surface area contributed by atoms with Crippen LogP contribution in [-0.2, 0) is 19.1 Å². The van der Waals surface area contributed by atoms with E-state index in [0.29, 0.717) is 19.4 Å². The maximum Gasteiger partial charge on any atom is 0.307 e. The Morgan fingerprint density at radius 1 is 1.32 bits per heavy atom. The summed E-state index contributed by atoms with van der Waals surface area (Å²) in [7, 11) is 3.03. The van der Waals surface area contributed by atoms with Crippen molar-refractivity contribution in [2.75, 3.05) is 27.4 Å². The molecule has 0 spiro atoms. The van der Waals surface area contributed by atoms with Gasteiger partial charge in [0.2, 0.25) is 5.91 Å². The Morgan fingerprint density at radius 3 is 2.68 bits per heavy atom. The van der Waals surface area contributed by atoms with Crippen molar-refractivity contribution in [2.45, 2.75) is 45.1 Å². The number of hydrogen-bond acceptors (Lipinski definition) is 4. The van der Waals surface area contributed by atoms with Crippen LogP contribution >= 0.6 is 0 Å². The first-order valence-electron chi connectivity index (χ1n) is 6.93. The molecule has 1 aliphatic rings. The topological polar surface area (TPSA) is 55.8 Å². The number of nitrogens with zero attached hydrogens (tertiary/aromatic N) is 1. The van der Waals surface area contributed by atoms with Crippen LogP contribution in [-0.4, -0.2) is 50.2 Å². The smallest absolute Gasteiger partial charge is 0.307 e. The number of carbonyl (C=O) groups is 2. The summed E-state index contributed by atoms with van der Waals surface area (Å²) in [5.41, 5.74) is 0. The van der Waals surface area contributed by atoms with Crippen LogP contribution in [0.3, 0.4) is 0 Å². The van der Waals surface area contributed by atoms with Crippen LogP contribution in [0.5, 0.6) is 0 Å². The van der Waals surface area contributed by atoms with Gasteiger partial charge in [0.25, 0.3) is 0 Å². The van der Waals surface area contributed by atoms with Gasteiger partial charge in [0.1, 0.15) is 0 Å². The zero-order valence-electron chi connectivity index (χ0n) is 12.2. The highest BCUT2D eigenvalue weighted by molar-refractivity contribution is 5.78. The van der Waals surface area contributed by atoms with Crippen LogP contribution in [0.1, 0.15) is 39.0 Å². The van der Waals surface area contributed by atoms with Gasteiger partial charge in [0.05, 0.1) is 13.5 Å². The lowest BCUT2D eigenvalue weighted by molar-refractivity contribution is -0.145. The molecule has 1 rings (SSSR count). The summed E-state index contributed by atoms with van der Waals surface area (Å²) in [5, 5.41) is 0. The molecule has 5 nitrogen and oxygen atoms in total. The lowest BCUT2D eigenvalue weighted by Gasteiger charge is -2.35. The average molecular weight is 271 g/mol. The molecule has 110 valence electrons. The molecule has 1 aliphatic heterocycles. The van der Waals surface area contributed by atoms with Gasteiger partial charge in [0, 0.05) is 32.7 Å². The van der Waals surface area contributed by atoms with E-state index in [9.17, 15) is 9.59 Å². The molecule has 0 aromatic heterocycles. The Kier molecular flexibility index (Phi) is 6.84. The molecule has 1 heterocycles. The number of likely N-dealkylation sites (tertiary alicyclic amines) is 1. The molecule has 1 fully saturated rings. The van der Waals surface area contributed by atoms with Crippen LogP contribution in [0.4, 0.5) is 0 Å². The Morgan fingerprint density at radius 2 is 2.05 bits per heavy atom. The molecule has 1 amide bonds. The minimum absolute atomic E-state index is 0.00319. The lowest BCUT2D eigenvalue weighted by Crippen LogP contribution is -2.45. The quantitative estimate of drug-likeness (QED) is 0.689. The molecule has 19 heavy (non-hydrogen) atoms. The molecule has 2 unspecified atom stereocenters. The largest absolute Gasteiger partial charge is 0.469 e. The SMILES string of the molecule is COCC(C)CC(=O)N1CCCCC1CC(=O)OC. The first-order valence-corrected chi connectivity index (χ1v) is 6.93. The van der Waals surface area contributed by atoms with Crippen LogP contribution in [0.2, 0.25) is 0 Å². The summed E-state index contributed by atoms with van der Waals surface area (Å²) >= 11 is 0. The summed E-state index contributed by atoms with van der Waals surface area (Å²) in [6.45, 7) is 3.34. The van der Waals surface area contributed by atoms with E-state index in [4.69, 9.17) is 9.47 Å². The van der Waals surface area contributed by atoms with Crippen molar-refractivity contribution in [3.8, 4) is 0 Å². The van der Waals surface area contributed by atoms with E-state index >= 15 is 0 Å². The minimum Gasteiger partial charge on any atom is -0.469 e. The third-order valence-electron chi connectivity index (χ3n) is 3.55. The van der Waals surface area contributed by atoms with Crippen molar-refractivity contribution in [2.24, 2.45) is 5.92 Å². The van der Waals surface area contributed by atoms with Gasteiger partial charge in [-0.1, -0.05) is 6.92 Å². The van der Waals surface area contributed by atoms with Gasteiger partial charge < -0.3 is 14.4 Å². The first kappa shape index (κ1) is 16.0. The van der Waals surface area contributed by atoms with Gasteiger partial charge in [-0.05, 0) is 25.2 Å². The van der Waals surface area contributed by atoms with Crippen molar-refractivity contribution in [1.82, 2.24) is 4.90 Å². The standard InChI is InChI=1S/C14H25NO4/c1-11(10-18-2)8-13(16)15-7-5-4-6-12(15)9-14(17)19-3/h11-12H,4-10H2,1-3H3. The van der Waals surface area contributed by atoms with Crippen molar-refractivity contribution >= 4 is 11.9 Å². The third-order valence-corrected chi connectivity index (χ3v) is 3.55. The molecule has 2 atom stereocenters. The normalized spacial score (nSPS) is 21.0. The molecule has 0 bridgehead atoms. The summed E-state index contributed by atoms with van der Waals surface area (Å²) in [5.74, 6) is 0.0889. The highest BCUT2D eigenvalue weighted by Crippen LogP contribution is 2.22. The zero-order chi connectivity index (χ0) is 14.3. The van der Waals surface area contributed by atoms with Crippen LogP contribution in [0.15, 0.2) is 0 Å². The van der Waals surface area contributed by atoms with Crippen molar-refractivity contribution in [1.29, 1.82) is 0 Å². The highest BCUT2D eigenvalue weighted by atomic mass is 16.5. The second-order valence-corrected chi connectivity index (χ2v) is 5.28. The number of rotatable bonds is 6. The molecule has 0 aliphatic carbocycles. The number of methoxy groups -OCH3 is 2. The second-order valence-electron chi connectivity index (χ2n) is 5.28. The maximum absolute atomic E-state index is 12.3. The molecule has 1 saturated heterocycles. The number of carbonyl (C=O) groups excluding carboxylic acids is 2. The van der Waals surface area contributed by atoms with Crippen LogP contribution in [0.25, 0.3) is 0 Å². The van der Waals surface area contributed by atoms with Crippen molar-refractivity contribution < 1.29 is 19.1 Å². The van der Waals surface area contributed by atoms with E-state index in [1.807, 2.05) is 11.8 Å². The molecular formula is C14H25NO4. The van der Waals surface area contributed by atoms with E-state index in [1.165, 1.54) is 7.11 Å². The highest BCUT2D eigenvalue weighted by Gasteiger charge is 2.29. The predicted octanol–water partition coefficient (Wildman–Crippen LogP) is 1.60. The molecule has 0 aromatic rings. The van der Waals surface area contributed by atoms with Gasteiger partial charge >= 0.3 is 5.97 Å². The minimum atomic E-state index is -0.241. The average Bonchev–Trinajstić information content (AvgIpc) is 2.39. The Balaban J connectivity index is 2.55. The Labute approximate surface area is 115 Å². The fourth-order valence-electron chi connectivity index (χ4n) is 2.58. The molecule has 0 saturated carbocycles. The number of ether oxygens (including phenoxy) is 2. The summed E-state index contributed by atoms with van der Waals surface area (Å²) in [4.78, 5) is 25.5. The van der Waals surface area contributed by atoms with Gasteiger partial charge in [0.15, 0.2) is 0 Å². The van der Waals surface area contributed by atoms with E-state index in [2.05, 4.69) is 0 Å². The molecule has 5 heteroatoms. The Hall–Kier alpha value is -1.10. The van der Waals surface area contributed by atoms with Crippen LogP contribution in [0, 0.1) is 5.92 Å². The zero-order valence-corrected chi connectivity index (χ0v) is 12.2. The second kappa shape index (κ2) is 8.15. The van der Waals surface area contributed by atoms with Gasteiger partial charge in [-0.2, -0.15) is 0 Å². The van der Waals surface area contributed by atoms with E-state index in [-0.39, 0.29) is 23.8 Å². The van der Waals surface area contributed by atoms with Gasteiger partial charge in [-0.3, -0.25) is 9.59 Å². The summed E-state index contributed by atoms with van der Waals surface area (Å²) in [6.07, 6.45) is 3.76. The summed E-state index contributed by atoms with van der Waals surface area (Å²) in [6, 6.07) is 0.00319. The first-order chi connectivity index (χ1) is 9.08. The van der Waals surface area contributed by atoms with Crippen LogP contribution < -0.4 is 0 Å². The number of esters is 1. The third kappa shape index (κ3) is 5.19. The number of hydrogen-bond donors (Lipinski definition) is 0. The molecular weight excluding hydrogens is 246 g/mol. The van der Waals surface area contributed by atoms with E-state index < -0.39 is 0 Å². The van der Waals surface area contributed by atoms with Crippen molar-refractivity contribution in [3.05, 3.63) is 0 Å². The maximum atomic E-state index is 12.3. The van der Waals surface area contributed by atoms with Gasteiger partial charge in [-0.25, -0.2) is 0 Å². The number of amides is 1. The lowest BCUT2D eigenvalue weighted by atomic mass is 9.97. The summed E-state index contributed by atoms with van der Waals surface area (Å²) < 4.78 is 9.76. The monoisotopic (exact) mass is 271 g/mol. The van der Waals surface area contributed by atoms with E-state index in [0.717, 1.165) is 25.8 Å². The predicted molar refractivity (Wildman–Crippen MR) is 71.6 cm³/mol. The number of piperidine rings is 1. The molecule has 0 radical (unpaired) electrons. The van der Waals surface area contributed by atoms with Gasteiger partial charge in [-0.15, -0.1) is 0 Å².